The first-order valence-corrected chi connectivity index (χ1v) is 6.39. The first kappa shape index (κ1) is 12.2. The van der Waals surface area contributed by atoms with E-state index in [0.29, 0.717) is 6.04 Å². The van der Waals surface area contributed by atoms with Crippen LogP contribution in [0, 0.1) is 13.8 Å². The van der Waals surface area contributed by atoms with E-state index in [2.05, 4.69) is 56.3 Å². The average Bonchev–Trinajstić information content (AvgIpc) is 2.67. The molecule has 2 N–H and O–H groups in total. The van der Waals surface area contributed by atoms with E-state index in [-0.39, 0.29) is 0 Å². The SMILES string of the molecule is Cc1ccc2c(CCNC(C)C)c[nH]c2c1C. The molecule has 1 heterocycles. The molecular weight excluding hydrogens is 208 g/mol. The lowest BCUT2D eigenvalue weighted by molar-refractivity contribution is 0.591. The molecule has 0 amide bonds. The fourth-order valence-electron chi connectivity index (χ4n) is 2.21. The number of fused-ring (bicyclic) bond motifs is 1. The molecule has 2 aromatic rings. The summed E-state index contributed by atoms with van der Waals surface area (Å²) >= 11 is 0. The molecule has 0 saturated heterocycles. The van der Waals surface area contributed by atoms with Gasteiger partial charge < -0.3 is 10.3 Å². The van der Waals surface area contributed by atoms with Crippen LogP contribution in [0.25, 0.3) is 10.9 Å². The molecule has 2 heteroatoms. The molecule has 0 saturated carbocycles. The number of hydrogen-bond donors (Lipinski definition) is 2. The van der Waals surface area contributed by atoms with Gasteiger partial charge in [0.25, 0.3) is 0 Å². The zero-order valence-corrected chi connectivity index (χ0v) is 11.2. The lowest BCUT2D eigenvalue weighted by Crippen LogP contribution is -2.24. The molecule has 0 spiro atoms. The van der Waals surface area contributed by atoms with E-state index in [1.807, 2.05) is 0 Å². The molecular formula is C15H22N2. The summed E-state index contributed by atoms with van der Waals surface area (Å²) in [5, 5.41) is 4.83. The van der Waals surface area contributed by atoms with Crippen LogP contribution < -0.4 is 5.32 Å². The van der Waals surface area contributed by atoms with Gasteiger partial charge in [-0.1, -0.05) is 26.0 Å². The summed E-state index contributed by atoms with van der Waals surface area (Å²) in [6, 6.07) is 5.01. The maximum absolute atomic E-state index is 3.46. The molecule has 0 unspecified atom stereocenters. The van der Waals surface area contributed by atoms with Gasteiger partial charge in [-0.15, -0.1) is 0 Å². The lowest BCUT2D eigenvalue weighted by Gasteiger charge is -2.07. The first-order chi connectivity index (χ1) is 8.09. The Balaban J connectivity index is 2.22. The zero-order valence-electron chi connectivity index (χ0n) is 11.2. The number of nitrogens with one attached hydrogen (secondary N) is 2. The van der Waals surface area contributed by atoms with Gasteiger partial charge in [-0.05, 0) is 43.5 Å². The van der Waals surface area contributed by atoms with E-state index >= 15 is 0 Å². The maximum Gasteiger partial charge on any atom is 0.0489 e. The molecule has 0 radical (unpaired) electrons. The van der Waals surface area contributed by atoms with Crippen molar-refractivity contribution in [3.05, 3.63) is 35.0 Å². The van der Waals surface area contributed by atoms with Crippen molar-refractivity contribution < 1.29 is 0 Å². The van der Waals surface area contributed by atoms with E-state index in [9.17, 15) is 0 Å². The minimum Gasteiger partial charge on any atom is -0.361 e. The van der Waals surface area contributed by atoms with E-state index in [1.165, 1.54) is 27.6 Å². The van der Waals surface area contributed by atoms with Crippen molar-refractivity contribution in [3.8, 4) is 0 Å². The second kappa shape index (κ2) is 4.92. The first-order valence-electron chi connectivity index (χ1n) is 6.39. The largest absolute Gasteiger partial charge is 0.361 e. The summed E-state index contributed by atoms with van der Waals surface area (Å²) in [6.45, 7) is 9.75. The molecule has 17 heavy (non-hydrogen) atoms. The fraction of sp³-hybridized carbons (Fsp3) is 0.467. The van der Waals surface area contributed by atoms with Crippen LogP contribution in [-0.2, 0) is 6.42 Å². The van der Waals surface area contributed by atoms with Crippen LogP contribution in [0.15, 0.2) is 18.3 Å². The lowest BCUT2D eigenvalue weighted by atomic mass is 10.0. The molecule has 0 aliphatic heterocycles. The molecule has 2 rings (SSSR count). The number of aryl methyl sites for hydroxylation is 2. The van der Waals surface area contributed by atoms with Crippen LogP contribution in [0.1, 0.15) is 30.5 Å². The van der Waals surface area contributed by atoms with Crippen LogP contribution in [0.3, 0.4) is 0 Å². The van der Waals surface area contributed by atoms with E-state index in [1.54, 1.807) is 0 Å². The van der Waals surface area contributed by atoms with Crippen LogP contribution in [-0.4, -0.2) is 17.6 Å². The van der Waals surface area contributed by atoms with Crippen molar-refractivity contribution in [1.82, 2.24) is 10.3 Å². The number of H-pyrrole nitrogens is 1. The van der Waals surface area contributed by atoms with E-state index in [0.717, 1.165) is 13.0 Å². The van der Waals surface area contributed by atoms with Crippen molar-refractivity contribution in [1.29, 1.82) is 0 Å². The van der Waals surface area contributed by atoms with Crippen LogP contribution in [0.2, 0.25) is 0 Å². The zero-order chi connectivity index (χ0) is 12.4. The monoisotopic (exact) mass is 230 g/mol. The van der Waals surface area contributed by atoms with Gasteiger partial charge in [0.2, 0.25) is 0 Å². The third-order valence-corrected chi connectivity index (χ3v) is 3.42. The average molecular weight is 230 g/mol. The molecule has 0 fully saturated rings. The van der Waals surface area contributed by atoms with Gasteiger partial charge in [0.1, 0.15) is 0 Å². The highest BCUT2D eigenvalue weighted by Crippen LogP contribution is 2.23. The predicted octanol–water partition coefficient (Wildman–Crippen LogP) is 3.33. The molecule has 1 aromatic carbocycles. The molecule has 0 atom stereocenters. The highest BCUT2D eigenvalue weighted by atomic mass is 14.9. The van der Waals surface area contributed by atoms with Crippen molar-refractivity contribution in [3.63, 3.8) is 0 Å². The van der Waals surface area contributed by atoms with Crippen LogP contribution in [0.5, 0.6) is 0 Å². The van der Waals surface area contributed by atoms with Gasteiger partial charge in [-0.25, -0.2) is 0 Å². The van der Waals surface area contributed by atoms with Crippen molar-refractivity contribution in [2.75, 3.05) is 6.54 Å². The molecule has 0 aliphatic carbocycles. The standard InChI is InChI=1S/C15H22N2/c1-10(2)16-8-7-13-9-17-15-12(4)11(3)5-6-14(13)15/h5-6,9-10,16-17H,7-8H2,1-4H3. The predicted molar refractivity (Wildman–Crippen MR) is 74.6 cm³/mol. The van der Waals surface area contributed by atoms with Gasteiger partial charge in [0, 0.05) is 23.1 Å². The van der Waals surface area contributed by atoms with Crippen molar-refractivity contribution in [2.24, 2.45) is 0 Å². The quantitative estimate of drug-likeness (QED) is 0.828. The molecule has 0 aliphatic rings. The van der Waals surface area contributed by atoms with Gasteiger partial charge >= 0.3 is 0 Å². The minimum atomic E-state index is 0.559. The summed E-state index contributed by atoms with van der Waals surface area (Å²) in [6.07, 6.45) is 3.24. The van der Waals surface area contributed by atoms with Gasteiger partial charge in [-0.2, -0.15) is 0 Å². The summed E-state index contributed by atoms with van der Waals surface area (Å²) < 4.78 is 0. The smallest absolute Gasteiger partial charge is 0.0489 e. The Hall–Kier alpha value is -1.28. The Labute approximate surface area is 103 Å². The van der Waals surface area contributed by atoms with Crippen molar-refractivity contribution >= 4 is 10.9 Å². The highest BCUT2D eigenvalue weighted by molar-refractivity contribution is 5.86. The van der Waals surface area contributed by atoms with E-state index in [4.69, 9.17) is 0 Å². The number of rotatable bonds is 4. The van der Waals surface area contributed by atoms with E-state index < -0.39 is 0 Å². The second-order valence-electron chi connectivity index (χ2n) is 5.10. The van der Waals surface area contributed by atoms with Gasteiger partial charge in [-0.3, -0.25) is 0 Å². The molecule has 0 bridgehead atoms. The Kier molecular flexibility index (Phi) is 3.53. The number of hydrogen-bond acceptors (Lipinski definition) is 1. The second-order valence-corrected chi connectivity index (χ2v) is 5.10. The third-order valence-electron chi connectivity index (χ3n) is 3.42. The highest BCUT2D eigenvalue weighted by Gasteiger charge is 2.06. The van der Waals surface area contributed by atoms with Crippen molar-refractivity contribution in [2.45, 2.75) is 40.2 Å². The summed E-state index contributed by atoms with van der Waals surface area (Å²) in [5.41, 5.74) is 5.43. The topological polar surface area (TPSA) is 27.8 Å². The normalized spacial score (nSPS) is 11.6. The summed E-state index contributed by atoms with van der Waals surface area (Å²) in [4.78, 5) is 3.41. The Morgan fingerprint density at radius 1 is 1.24 bits per heavy atom. The third kappa shape index (κ3) is 2.52. The summed E-state index contributed by atoms with van der Waals surface area (Å²) in [5.74, 6) is 0. The molecule has 92 valence electrons. The Morgan fingerprint density at radius 3 is 2.71 bits per heavy atom. The Bertz CT molecular complexity index is 509. The van der Waals surface area contributed by atoms with Crippen LogP contribution in [0.4, 0.5) is 0 Å². The fourth-order valence-corrected chi connectivity index (χ4v) is 2.21. The summed E-state index contributed by atoms with van der Waals surface area (Å²) in [7, 11) is 0. The maximum atomic E-state index is 3.46. The van der Waals surface area contributed by atoms with Crippen LogP contribution >= 0.6 is 0 Å². The molecule has 2 nitrogen and oxygen atoms in total. The van der Waals surface area contributed by atoms with Gasteiger partial charge in [0.15, 0.2) is 0 Å². The minimum absolute atomic E-state index is 0.559. The number of aromatic nitrogens is 1. The molecule has 1 aromatic heterocycles. The number of aromatic amines is 1. The Morgan fingerprint density at radius 2 is 2.00 bits per heavy atom. The van der Waals surface area contributed by atoms with Gasteiger partial charge in [0.05, 0.1) is 0 Å². The number of benzene rings is 1.